The molecular formula is C32H33F3N4O9S. The van der Waals surface area contributed by atoms with Gasteiger partial charge >= 0.3 is 12.1 Å². The van der Waals surface area contributed by atoms with Gasteiger partial charge in [0.25, 0.3) is 5.91 Å². The summed E-state index contributed by atoms with van der Waals surface area (Å²) < 4.78 is 74.3. The predicted molar refractivity (Wildman–Crippen MR) is 173 cm³/mol. The maximum atomic E-state index is 13.7. The summed E-state index contributed by atoms with van der Waals surface area (Å²) in [6.07, 6.45) is -4.66. The molecule has 1 heterocycles. The van der Waals surface area contributed by atoms with E-state index in [9.17, 15) is 31.2 Å². The summed E-state index contributed by atoms with van der Waals surface area (Å²) in [5, 5.41) is 14.1. The fourth-order valence-corrected chi connectivity index (χ4v) is 5.53. The lowest BCUT2D eigenvalue weighted by Crippen LogP contribution is -2.32. The number of nitrogens with one attached hydrogen (secondary N) is 2. The average molecular weight is 707 g/mol. The summed E-state index contributed by atoms with van der Waals surface area (Å²) in [6, 6.07) is 16.4. The second-order valence-corrected chi connectivity index (χ2v) is 12.4. The molecule has 0 aliphatic carbocycles. The summed E-state index contributed by atoms with van der Waals surface area (Å²) in [5.41, 5.74) is 7.17. The molecule has 0 fully saturated rings. The van der Waals surface area contributed by atoms with Crippen LogP contribution in [-0.4, -0.2) is 62.4 Å². The Morgan fingerprint density at radius 3 is 2.24 bits per heavy atom. The number of benzene rings is 3. The highest BCUT2D eigenvalue weighted by Crippen LogP contribution is 2.33. The number of alkyl halides is 3. The number of nitrogens with zero attached hydrogens (tertiary/aromatic N) is 1. The number of carboxylic acid groups (broad SMARTS) is 1. The number of carbonyl (C=O) groups is 3. The van der Waals surface area contributed by atoms with Crippen LogP contribution in [0.3, 0.4) is 0 Å². The van der Waals surface area contributed by atoms with Gasteiger partial charge in [-0.2, -0.15) is 13.2 Å². The molecule has 1 aromatic heterocycles. The van der Waals surface area contributed by atoms with Crippen LogP contribution in [0.25, 0.3) is 10.8 Å². The molecular weight excluding hydrogens is 673 g/mol. The Balaban J connectivity index is 0.000000838. The Morgan fingerprint density at radius 2 is 1.65 bits per heavy atom. The molecule has 0 aliphatic rings. The lowest BCUT2D eigenvalue weighted by Gasteiger charge is -2.21. The van der Waals surface area contributed by atoms with E-state index in [-0.39, 0.29) is 23.1 Å². The number of ether oxygens (including phenoxy) is 3. The fraction of sp³-hybridized carbons (Fsp3) is 0.250. The molecule has 1 unspecified atom stereocenters. The molecule has 0 aliphatic heterocycles. The van der Waals surface area contributed by atoms with Crippen molar-refractivity contribution in [2.75, 3.05) is 31.0 Å². The van der Waals surface area contributed by atoms with Crippen molar-refractivity contribution in [1.29, 1.82) is 0 Å². The van der Waals surface area contributed by atoms with Crippen molar-refractivity contribution in [3.63, 3.8) is 0 Å². The number of anilines is 2. The van der Waals surface area contributed by atoms with Gasteiger partial charge < -0.3 is 35.7 Å². The molecule has 3 aromatic carbocycles. The van der Waals surface area contributed by atoms with Crippen molar-refractivity contribution >= 4 is 49.9 Å². The van der Waals surface area contributed by atoms with E-state index >= 15 is 0 Å². The third kappa shape index (κ3) is 9.96. The van der Waals surface area contributed by atoms with E-state index in [0.717, 1.165) is 10.8 Å². The van der Waals surface area contributed by atoms with Crippen LogP contribution >= 0.6 is 0 Å². The van der Waals surface area contributed by atoms with Crippen LogP contribution in [0.2, 0.25) is 0 Å². The number of hydrogen-bond donors (Lipinski definition) is 4. The van der Waals surface area contributed by atoms with Crippen LogP contribution in [0.15, 0.2) is 71.8 Å². The zero-order valence-electron chi connectivity index (χ0n) is 26.6. The first-order valence-electron chi connectivity index (χ1n) is 14.2. The summed E-state index contributed by atoms with van der Waals surface area (Å²) in [6.45, 7) is 2.74. The lowest BCUT2D eigenvalue weighted by molar-refractivity contribution is -0.192. The molecule has 0 spiro atoms. The third-order valence-electron chi connectivity index (χ3n) is 6.76. The van der Waals surface area contributed by atoms with E-state index in [0.29, 0.717) is 39.9 Å². The lowest BCUT2D eigenvalue weighted by atomic mass is 10.1. The van der Waals surface area contributed by atoms with Gasteiger partial charge in [-0.3, -0.25) is 9.59 Å². The highest BCUT2D eigenvalue weighted by atomic mass is 32.2. The molecule has 0 radical (unpaired) electrons. The molecule has 0 saturated heterocycles. The third-order valence-corrected chi connectivity index (χ3v) is 8.59. The number of aromatic nitrogens is 1. The average Bonchev–Trinajstić information content (AvgIpc) is 3.05. The van der Waals surface area contributed by atoms with Crippen molar-refractivity contribution in [3.8, 4) is 17.2 Å². The minimum absolute atomic E-state index is 0.0590. The first-order chi connectivity index (χ1) is 23.0. The number of carbonyl (C=O) groups excluding carboxylic acids is 2. The number of hydrogen-bond acceptors (Lipinski definition) is 10. The highest BCUT2D eigenvalue weighted by Gasteiger charge is 2.38. The van der Waals surface area contributed by atoms with Crippen molar-refractivity contribution in [1.82, 2.24) is 10.3 Å². The van der Waals surface area contributed by atoms with Crippen LogP contribution in [-0.2, 0) is 30.8 Å². The first-order valence-corrected chi connectivity index (χ1v) is 15.9. The Hall–Kier alpha value is -5.58. The standard InChI is InChI=1S/C30H32N4O7S.C2HF3O2/c1-5-42(37,38)27-11-7-22(34-18(2)35)14-21(27)17-33-30(36)28(20-6-10-25(39-3)26(16-20)40-4)41-23-8-9-24-19(15-23)12-13-32-29(24)31;3-2(4,5)1(6)7/h6-16,28H,5,17H2,1-4H3,(H2,31,32)(H,33,36)(H,34,35);(H,6,7). The van der Waals surface area contributed by atoms with Gasteiger partial charge in [0.2, 0.25) is 12.0 Å². The molecule has 2 amide bonds. The van der Waals surface area contributed by atoms with E-state index in [1.807, 2.05) is 0 Å². The monoisotopic (exact) mass is 706 g/mol. The Morgan fingerprint density at radius 1 is 0.980 bits per heavy atom. The largest absolute Gasteiger partial charge is 0.493 e. The summed E-state index contributed by atoms with van der Waals surface area (Å²) >= 11 is 0. The number of sulfone groups is 1. The van der Waals surface area contributed by atoms with E-state index in [2.05, 4.69) is 15.6 Å². The molecule has 262 valence electrons. The molecule has 4 aromatic rings. The summed E-state index contributed by atoms with van der Waals surface area (Å²) in [5.74, 6) is -2.11. The summed E-state index contributed by atoms with van der Waals surface area (Å²) in [4.78, 5) is 38.4. The maximum absolute atomic E-state index is 13.7. The SMILES string of the molecule is CCS(=O)(=O)c1ccc(NC(C)=O)cc1CNC(=O)C(Oc1ccc2c(N)nccc2c1)c1ccc(OC)c(OC)c1.O=C(O)C(F)(F)F. The van der Waals surface area contributed by atoms with Crippen LogP contribution in [0.5, 0.6) is 17.2 Å². The Kier molecular flexibility index (Phi) is 12.4. The molecule has 17 heteroatoms. The minimum atomic E-state index is -5.08. The number of aliphatic carboxylic acids is 1. The van der Waals surface area contributed by atoms with Crippen LogP contribution in [0.4, 0.5) is 24.7 Å². The van der Waals surface area contributed by atoms with Crippen molar-refractivity contribution in [2.45, 2.75) is 37.6 Å². The number of rotatable bonds is 11. The zero-order valence-corrected chi connectivity index (χ0v) is 27.4. The quantitative estimate of drug-likeness (QED) is 0.169. The highest BCUT2D eigenvalue weighted by molar-refractivity contribution is 7.91. The van der Waals surface area contributed by atoms with Gasteiger partial charge in [0.15, 0.2) is 21.3 Å². The topological polar surface area (TPSA) is 196 Å². The number of fused-ring (bicyclic) bond motifs is 1. The molecule has 49 heavy (non-hydrogen) atoms. The van der Waals surface area contributed by atoms with Gasteiger partial charge in [-0.25, -0.2) is 18.2 Å². The van der Waals surface area contributed by atoms with Gasteiger partial charge in [0, 0.05) is 36.3 Å². The van der Waals surface area contributed by atoms with Crippen molar-refractivity contribution in [3.05, 3.63) is 78.0 Å². The second kappa shape index (κ2) is 16.0. The van der Waals surface area contributed by atoms with Gasteiger partial charge in [-0.1, -0.05) is 13.0 Å². The predicted octanol–water partition coefficient (Wildman–Crippen LogP) is 4.66. The first kappa shape index (κ1) is 37.9. The molecule has 0 bridgehead atoms. The summed E-state index contributed by atoms with van der Waals surface area (Å²) in [7, 11) is -0.637. The van der Waals surface area contributed by atoms with Gasteiger partial charge in [-0.05, 0) is 65.5 Å². The number of halogens is 3. The van der Waals surface area contributed by atoms with E-state index < -0.39 is 34.0 Å². The molecule has 4 rings (SSSR count). The Labute approximate surface area is 279 Å². The Bertz CT molecular complexity index is 1950. The number of pyridine rings is 1. The molecule has 5 N–H and O–H groups in total. The minimum Gasteiger partial charge on any atom is -0.493 e. The van der Waals surface area contributed by atoms with Gasteiger partial charge in [0.1, 0.15) is 11.6 Å². The van der Waals surface area contributed by atoms with Crippen LogP contribution in [0, 0.1) is 0 Å². The van der Waals surface area contributed by atoms with Crippen molar-refractivity contribution in [2.24, 2.45) is 0 Å². The van der Waals surface area contributed by atoms with Crippen LogP contribution in [0.1, 0.15) is 31.1 Å². The van der Waals surface area contributed by atoms with Gasteiger partial charge in [0.05, 0.1) is 24.9 Å². The second-order valence-electron chi connectivity index (χ2n) is 10.1. The van der Waals surface area contributed by atoms with E-state index in [1.54, 1.807) is 48.7 Å². The number of nitrogens with two attached hydrogens (primary N) is 1. The number of nitrogen functional groups attached to an aromatic ring is 1. The van der Waals surface area contributed by atoms with E-state index in [1.165, 1.54) is 46.3 Å². The maximum Gasteiger partial charge on any atom is 0.490 e. The fourth-order valence-electron chi connectivity index (χ4n) is 4.41. The normalized spacial score (nSPS) is 11.8. The number of amides is 2. The molecule has 13 nitrogen and oxygen atoms in total. The molecule has 1 atom stereocenters. The number of carboxylic acids is 1. The molecule has 0 saturated carbocycles. The van der Waals surface area contributed by atoms with E-state index in [4.69, 9.17) is 29.8 Å². The van der Waals surface area contributed by atoms with Gasteiger partial charge in [-0.15, -0.1) is 0 Å². The number of methoxy groups -OCH3 is 2. The zero-order chi connectivity index (χ0) is 36.5. The van der Waals surface area contributed by atoms with Crippen LogP contribution < -0.4 is 30.6 Å². The smallest absolute Gasteiger partial charge is 0.490 e. The van der Waals surface area contributed by atoms with Crippen molar-refractivity contribution < 1.29 is 55.3 Å².